The van der Waals surface area contributed by atoms with Gasteiger partial charge in [0.05, 0.1) is 26.5 Å². The van der Waals surface area contributed by atoms with Crippen molar-refractivity contribution < 1.29 is 9.47 Å². The van der Waals surface area contributed by atoms with Crippen LogP contribution in [0.1, 0.15) is 19.7 Å². The van der Waals surface area contributed by atoms with Crippen LogP contribution in [0.3, 0.4) is 0 Å². The summed E-state index contributed by atoms with van der Waals surface area (Å²) in [7, 11) is 3.28. The molecule has 0 atom stereocenters. The monoisotopic (exact) mass is 290 g/mol. The first-order valence-electron chi connectivity index (χ1n) is 6.96. The maximum Gasteiger partial charge on any atom is 0.146 e. The summed E-state index contributed by atoms with van der Waals surface area (Å²) in [6.45, 7) is 5.77. The first-order valence-corrected chi connectivity index (χ1v) is 6.96. The zero-order chi connectivity index (χ0) is 15.2. The highest BCUT2D eigenvalue weighted by Crippen LogP contribution is 2.29. The van der Waals surface area contributed by atoms with Crippen molar-refractivity contribution in [1.82, 2.24) is 14.8 Å². The number of anilines is 1. The lowest BCUT2D eigenvalue weighted by molar-refractivity contribution is 0.395. The largest absolute Gasteiger partial charge is 0.497 e. The van der Waals surface area contributed by atoms with Gasteiger partial charge in [-0.1, -0.05) is 13.8 Å². The van der Waals surface area contributed by atoms with Gasteiger partial charge in [0.15, 0.2) is 0 Å². The predicted molar refractivity (Wildman–Crippen MR) is 81.7 cm³/mol. The van der Waals surface area contributed by atoms with Crippen molar-refractivity contribution in [2.45, 2.75) is 26.9 Å². The first-order chi connectivity index (χ1) is 10.1. The Labute approximate surface area is 125 Å². The van der Waals surface area contributed by atoms with Gasteiger partial charge in [0, 0.05) is 12.6 Å². The van der Waals surface area contributed by atoms with Crippen molar-refractivity contribution in [3.05, 3.63) is 30.4 Å². The second kappa shape index (κ2) is 6.97. The van der Waals surface area contributed by atoms with Crippen LogP contribution in [0.2, 0.25) is 0 Å². The Hall–Kier alpha value is -2.24. The van der Waals surface area contributed by atoms with Crippen molar-refractivity contribution in [2.75, 3.05) is 19.5 Å². The predicted octanol–water partition coefficient (Wildman–Crippen LogP) is 2.56. The van der Waals surface area contributed by atoms with Crippen LogP contribution >= 0.6 is 0 Å². The van der Waals surface area contributed by atoms with E-state index in [2.05, 4.69) is 29.2 Å². The number of benzene rings is 1. The molecule has 0 saturated carbocycles. The van der Waals surface area contributed by atoms with Crippen LogP contribution in [0.5, 0.6) is 11.5 Å². The molecule has 0 radical (unpaired) electrons. The summed E-state index contributed by atoms with van der Waals surface area (Å²) in [4.78, 5) is 4.30. The number of methoxy groups -OCH3 is 2. The first kappa shape index (κ1) is 15.2. The number of nitrogens with one attached hydrogen (secondary N) is 1. The van der Waals surface area contributed by atoms with E-state index in [-0.39, 0.29) is 0 Å². The molecule has 6 nitrogen and oxygen atoms in total. The summed E-state index contributed by atoms with van der Waals surface area (Å²) in [5.74, 6) is 2.94. The summed E-state index contributed by atoms with van der Waals surface area (Å²) in [6, 6.07) is 5.67. The summed E-state index contributed by atoms with van der Waals surface area (Å²) in [5, 5.41) is 7.58. The van der Waals surface area contributed by atoms with E-state index in [0.29, 0.717) is 12.5 Å². The quantitative estimate of drug-likeness (QED) is 0.849. The Bertz CT molecular complexity index is 581. The van der Waals surface area contributed by atoms with Crippen LogP contribution in [0.15, 0.2) is 24.5 Å². The molecule has 0 fully saturated rings. The Balaban J connectivity index is 2.08. The number of ether oxygens (including phenoxy) is 2. The second-order valence-corrected chi connectivity index (χ2v) is 5.17. The van der Waals surface area contributed by atoms with Gasteiger partial charge in [-0.25, -0.2) is 9.67 Å². The van der Waals surface area contributed by atoms with Gasteiger partial charge < -0.3 is 14.8 Å². The van der Waals surface area contributed by atoms with Crippen LogP contribution in [0.4, 0.5) is 5.69 Å². The minimum atomic E-state index is 0.529. The SMILES string of the molecule is COc1ccc(NCc2ncnn2CC(C)C)c(OC)c1. The van der Waals surface area contributed by atoms with Crippen LogP contribution in [0, 0.1) is 5.92 Å². The molecule has 1 aromatic heterocycles. The van der Waals surface area contributed by atoms with E-state index in [1.54, 1.807) is 20.5 Å². The average Bonchev–Trinajstić information content (AvgIpc) is 2.91. The van der Waals surface area contributed by atoms with E-state index in [4.69, 9.17) is 9.47 Å². The van der Waals surface area contributed by atoms with Crippen LogP contribution in [0.25, 0.3) is 0 Å². The number of hydrogen-bond acceptors (Lipinski definition) is 5. The Morgan fingerprint density at radius 3 is 2.71 bits per heavy atom. The number of rotatable bonds is 7. The highest BCUT2D eigenvalue weighted by Gasteiger charge is 2.09. The topological polar surface area (TPSA) is 61.2 Å². The molecule has 1 aromatic carbocycles. The van der Waals surface area contributed by atoms with Crippen LogP contribution in [-0.2, 0) is 13.1 Å². The summed E-state index contributed by atoms with van der Waals surface area (Å²) >= 11 is 0. The third kappa shape index (κ3) is 3.87. The Kier molecular flexibility index (Phi) is 5.03. The van der Waals surface area contributed by atoms with Crippen molar-refractivity contribution in [3.63, 3.8) is 0 Å². The highest BCUT2D eigenvalue weighted by molar-refractivity contribution is 5.59. The molecule has 21 heavy (non-hydrogen) atoms. The molecule has 2 aromatic rings. The fourth-order valence-electron chi connectivity index (χ4n) is 2.04. The maximum absolute atomic E-state index is 5.37. The lowest BCUT2D eigenvalue weighted by Crippen LogP contribution is -2.13. The zero-order valence-corrected chi connectivity index (χ0v) is 13.0. The lowest BCUT2D eigenvalue weighted by atomic mass is 10.2. The van der Waals surface area contributed by atoms with E-state index < -0.39 is 0 Å². The van der Waals surface area contributed by atoms with Crippen LogP contribution in [-0.4, -0.2) is 29.0 Å². The molecule has 114 valence electrons. The maximum atomic E-state index is 5.37. The van der Waals surface area contributed by atoms with Gasteiger partial charge in [0.25, 0.3) is 0 Å². The fourth-order valence-corrected chi connectivity index (χ4v) is 2.04. The molecule has 0 amide bonds. The third-order valence-corrected chi connectivity index (χ3v) is 3.08. The van der Waals surface area contributed by atoms with Crippen LogP contribution < -0.4 is 14.8 Å². The molecule has 0 spiro atoms. The number of nitrogens with zero attached hydrogens (tertiary/aromatic N) is 3. The normalized spacial score (nSPS) is 10.7. The fraction of sp³-hybridized carbons (Fsp3) is 0.467. The van der Waals surface area contributed by atoms with E-state index >= 15 is 0 Å². The van der Waals surface area contributed by atoms with E-state index in [0.717, 1.165) is 29.6 Å². The van der Waals surface area contributed by atoms with Gasteiger partial charge in [0.2, 0.25) is 0 Å². The minimum Gasteiger partial charge on any atom is -0.497 e. The Morgan fingerprint density at radius 2 is 2.05 bits per heavy atom. The molecule has 1 heterocycles. The molecule has 0 aliphatic heterocycles. The molecule has 0 aliphatic rings. The average molecular weight is 290 g/mol. The lowest BCUT2D eigenvalue weighted by Gasteiger charge is -2.13. The van der Waals surface area contributed by atoms with Crippen molar-refractivity contribution in [2.24, 2.45) is 5.92 Å². The van der Waals surface area contributed by atoms with Gasteiger partial charge in [-0.2, -0.15) is 5.10 Å². The van der Waals surface area contributed by atoms with E-state index in [1.807, 2.05) is 22.9 Å². The summed E-state index contributed by atoms with van der Waals surface area (Å²) < 4.78 is 12.5. The Morgan fingerprint density at radius 1 is 1.24 bits per heavy atom. The molecule has 0 saturated heterocycles. The van der Waals surface area contributed by atoms with Crippen molar-refractivity contribution in [1.29, 1.82) is 0 Å². The molecule has 0 bridgehead atoms. The molecule has 6 heteroatoms. The van der Waals surface area contributed by atoms with E-state index in [1.165, 1.54) is 0 Å². The number of aromatic nitrogens is 3. The highest BCUT2D eigenvalue weighted by atomic mass is 16.5. The molecule has 2 rings (SSSR count). The molecule has 0 unspecified atom stereocenters. The van der Waals surface area contributed by atoms with E-state index in [9.17, 15) is 0 Å². The molecule has 0 aliphatic carbocycles. The molecule has 1 N–H and O–H groups in total. The standard InChI is InChI=1S/C15H22N4O2/c1-11(2)9-19-15(17-10-18-19)8-16-13-6-5-12(20-3)7-14(13)21-4/h5-7,10-11,16H,8-9H2,1-4H3. The second-order valence-electron chi connectivity index (χ2n) is 5.17. The minimum absolute atomic E-state index is 0.529. The summed E-state index contributed by atoms with van der Waals surface area (Å²) in [6.07, 6.45) is 1.59. The zero-order valence-electron chi connectivity index (χ0n) is 13.0. The van der Waals surface area contributed by atoms with Gasteiger partial charge in [-0.15, -0.1) is 0 Å². The van der Waals surface area contributed by atoms with Gasteiger partial charge in [0.1, 0.15) is 23.7 Å². The van der Waals surface area contributed by atoms with Crippen molar-refractivity contribution >= 4 is 5.69 Å². The number of hydrogen-bond donors (Lipinski definition) is 1. The van der Waals surface area contributed by atoms with Gasteiger partial charge in [-0.3, -0.25) is 0 Å². The third-order valence-electron chi connectivity index (χ3n) is 3.08. The molecular formula is C15H22N4O2. The summed E-state index contributed by atoms with van der Waals surface area (Å²) in [5.41, 5.74) is 0.900. The van der Waals surface area contributed by atoms with Gasteiger partial charge in [-0.05, 0) is 18.1 Å². The molecular weight excluding hydrogens is 268 g/mol. The van der Waals surface area contributed by atoms with Crippen molar-refractivity contribution in [3.8, 4) is 11.5 Å². The van der Waals surface area contributed by atoms with Gasteiger partial charge >= 0.3 is 0 Å². The smallest absolute Gasteiger partial charge is 0.146 e.